The lowest BCUT2D eigenvalue weighted by molar-refractivity contribution is -0.119. The molecule has 1 saturated carbocycles. The summed E-state index contributed by atoms with van der Waals surface area (Å²) < 4.78 is 25.4. The van der Waals surface area contributed by atoms with Gasteiger partial charge in [0.05, 0.1) is 17.7 Å². The predicted molar refractivity (Wildman–Crippen MR) is 139 cm³/mol. The first kappa shape index (κ1) is 26.5. The molecule has 1 aliphatic heterocycles. The van der Waals surface area contributed by atoms with Crippen molar-refractivity contribution in [2.75, 3.05) is 24.6 Å². The van der Waals surface area contributed by atoms with Crippen molar-refractivity contribution >= 4 is 17.8 Å². The van der Waals surface area contributed by atoms with Gasteiger partial charge in [-0.25, -0.2) is 14.4 Å². The van der Waals surface area contributed by atoms with Crippen LogP contribution in [0, 0.1) is 11.7 Å². The highest BCUT2D eigenvalue weighted by atomic mass is 19.1. The Balaban J connectivity index is 1.02. The van der Waals surface area contributed by atoms with Gasteiger partial charge in [-0.15, -0.1) is 0 Å². The second-order valence-corrected chi connectivity index (χ2v) is 10.2. The highest BCUT2D eigenvalue weighted by Gasteiger charge is 2.30. The summed E-state index contributed by atoms with van der Waals surface area (Å²) in [5, 5.41) is 6.40. The first-order chi connectivity index (χ1) is 18.9. The highest BCUT2D eigenvalue weighted by Crippen LogP contribution is 2.39. The van der Waals surface area contributed by atoms with E-state index in [1.54, 1.807) is 18.5 Å². The second kappa shape index (κ2) is 11.7. The Hall–Kier alpha value is -4.09. The van der Waals surface area contributed by atoms with Crippen molar-refractivity contribution in [2.45, 2.75) is 57.4 Å². The van der Waals surface area contributed by atoms with Gasteiger partial charge in [0.25, 0.3) is 5.91 Å². The highest BCUT2D eigenvalue weighted by molar-refractivity contribution is 5.97. The minimum absolute atomic E-state index is 0.168. The second-order valence-electron chi connectivity index (χ2n) is 10.2. The van der Waals surface area contributed by atoms with Crippen LogP contribution in [0.3, 0.4) is 0 Å². The summed E-state index contributed by atoms with van der Waals surface area (Å²) in [6.07, 6.45) is 9.61. The van der Waals surface area contributed by atoms with Crippen molar-refractivity contribution in [1.29, 1.82) is 0 Å². The van der Waals surface area contributed by atoms with Crippen molar-refractivity contribution in [3.8, 4) is 17.1 Å². The molecule has 1 aliphatic carbocycles. The number of benzene rings is 1. The molecular weight excluding hydrogens is 505 g/mol. The molecule has 0 radical (unpaired) electrons. The van der Waals surface area contributed by atoms with Crippen molar-refractivity contribution in [1.82, 2.24) is 25.4 Å². The van der Waals surface area contributed by atoms with E-state index >= 15 is 0 Å². The van der Waals surface area contributed by atoms with Crippen LogP contribution in [0.5, 0.6) is 5.75 Å². The first-order valence-electron chi connectivity index (χ1n) is 13.3. The fourth-order valence-corrected chi connectivity index (χ4v) is 4.55. The van der Waals surface area contributed by atoms with Crippen molar-refractivity contribution in [3.63, 3.8) is 0 Å². The van der Waals surface area contributed by atoms with Gasteiger partial charge < -0.3 is 25.2 Å². The van der Waals surface area contributed by atoms with Crippen LogP contribution in [0.4, 0.5) is 10.3 Å². The molecule has 5 rings (SSSR count). The van der Waals surface area contributed by atoms with Crippen molar-refractivity contribution in [3.05, 3.63) is 47.9 Å². The zero-order valence-electron chi connectivity index (χ0n) is 21.8. The van der Waals surface area contributed by atoms with Crippen molar-refractivity contribution in [2.24, 2.45) is 11.7 Å². The average Bonchev–Trinajstić information content (AvgIpc) is 3.67. The number of amides is 2. The molecule has 1 atom stereocenters. The first-order valence-corrected chi connectivity index (χ1v) is 13.3. The number of hydrogen-bond donors (Lipinski definition) is 2. The Morgan fingerprint density at radius 3 is 2.62 bits per heavy atom. The predicted octanol–water partition coefficient (Wildman–Crippen LogP) is 3.22. The number of rotatable bonds is 11. The number of ether oxygens (including phenoxy) is 1. The SMILES string of the molecule is C[C@H](NC(=O)c1ccc(OCCCC2CCN(c3ncc(-c4noc(C5CC5)n4)cn3)CC2)cc1F)C(N)=O. The molecule has 12 heteroatoms. The zero-order chi connectivity index (χ0) is 27.4. The zero-order valence-corrected chi connectivity index (χ0v) is 21.8. The number of carbonyl (C=O) groups is 2. The number of nitrogens with zero attached hydrogens (tertiary/aromatic N) is 5. The summed E-state index contributed by atoms with van der Waals surface area (Å²) in [6, 6.07) is 3.17. The Morgan fingerprint density at radius 1 is 1.21 bits per heavy atom. The molecule has 39 heavy (non-hydrogen) atoms. The molecule has 1 aromatic carbocycles. The maximum absolute atomic E-state index is 14.4. The number of anilines is 1. The number of nitrogens with one attached hydrogen (secondary N) is 1. The van der Waals surface area contributed by atoms with Crippen LogP contribution < -0.4 is 20.7 Å². The van der Waals surface area contributed by atoms with Crippen LogP contribution in [0.15, 0.2) is 35.1 Å². The topological polar surface area (TPSA) is 149 Å². The van der Waals surface area contributed by atoms with Crippen LogP contribution in [-0.2, 0) is 4.79 Å². The minimum Gasteiger partial charge on any atom is -0.493 e. The maximum atomic E-state index is 14.4. The molecule has 2 aromatic heterocycles. The third-order valence-electron chi connectivity index (χ3n) is 7.15. The van der Waals surface area contributed by atoms with Gasteiger partial charge in [-0.3, -0.25) is 9.59 Å². The lowest BCUT2D eigenvalue weighted by Gasteiger charge is -2.32. The number of nitrogens with two attached hydrogens (primary N) is 1. The minimum atomic E-state index is -0.893. The average molecular weight is 538 g/mol. The fraction of sp³-hybridized carbons (Fsp3) is 0.481. The van der Waals surface area contributed by atoms with E-state index in [0.29, 0.717) is 41.9 Å². The largest absolute Gasteiger partial charge is 0.493 e. The van der Waals surface area contributed by atoms with Gasteiger partial charge in [0.1, 0.15) is 17.6 Å². The van der Waals surface area contributed by atoms with Crippen molar-refractivity contribution < 1.29 is 23.2 Å². The molecule has 2 fully saturated rings. The van der Waals surface area contributed by atoms with E-state index in [4.69, 9.17) is 15.0 Å². The fourth-order valence-electron chi connectivity index (χ4n) is 4.55. The van der Waals surface area contributed by atoms with Crippen LogP contribution in [0.2, 0.25) is 0 Å². The normalized spacial score (nSPS) is 16.6. The van der Waals surface area contributed by atoms with Gasteiger partial charge in [0, 0.05) is 37.5 Å². The molecule has 3 heterocycles. The molecule has 206 valence electrons. The van der Waals surface area contributed by atoms with Crippen LogP contribution in [-0.4, -0.2) is 57.7 Å². The van der Waals surface area contributed by atoms with E-state index < -0.39 is 23.7 Å². The third kappa shape index (κ3) is 6.68. The van der Waals surface area contributed by atoms with E-state index in [-0.39, 0.29) is 5.56 Å². The molecule has 11 nitrogen and oxygen atoms in total. The smallest absolute Gasteiger partial charge is 0.254 e. The number of hydrogen-bond acceptors (Lipinski definition) is 9. The Kier molecular flexibility index (Phi) is 7.99. The molecule has 2 amide bonds. The molecule has 0 spiro atoms. The molecule has 3 N–H and O–H groups in total. The van der Waals surface area contributed by atoms with E-state index in [2.05, 4.69) is 30.3 Å². The van der Waals surface area contributed by atoms with Crippen LogP contribution in [0.25, 0.3) is 11.4 Å². The van der Waals surface area contributed by atoms with Gasteiger partial charge in [0.2, 0.25) is 23.6 Å². The monoisotopic (exact) mass is 537 g/mol. The van der Waals surface area contributed by atoms with Crippen LogP contribution in [0.1, 0.15) is 67.6 Å². The Morgan fingerprint density at radius 2 is 1.95 bits per heavy atom. The van der Waals surface area contributed by atoms with Gasteiger partial charge in [-0.05, 0) is 63.5 Å². The maximum Gasteiger partial charge on any atom is 0.254 e. The van der Waals surface area contributed by atoms with Crippen LogP contribution >= 0.6 is 0 Å². The summed E-state index contributed by atoms with van der Waals surface area (Å²) in [5.74, 6) is 1.15. The number of piperidine rings is 1. The summed E-state index contributed by atoms with van der Waals surface area (Å²) >= 11 is 0. The number of aromatic nitrogens is 4. The summed E-state index contributed by atoms with van der Waals surface area (Å²) in [5.41, 5.74) is 5.71. The summed E-state index contributed by atoms with van der Waals surface area (Å²) in [4.78, 5) is 38.9. The molecule has 2 aliphatic rings. The van der Waals surface area contributed by atoms with Gasteiger partial charge in [-0.2, -0.15) is 4.98 Å². The third-order valence-corrected chi connectivity index (χ3v) is 7.15. The van der Waals surface area contributed by atoms with E-state index in [1.807, 2.05) is 0 Å². The lowest BCUT2D eigenvalue weighted by atomic mass is 9.92. The Bertz CT molecular complexity index is 1300. The van der Waals surface area contributed by atoms with Gasteiger partial charge in [0.15, 0.2) is 0 Å². The number of halogens is 1. The standard InChI is InChI=1S/C27H32FN7O4/c1-16(23(29)36)32-25(37)21-7-6-20(13-22(21)28)38-12-2-3-17-8-10-35(11-9-17)27-30-14-19(15-31-27)24-33-26(39-34-24)18-4-5-18/h6-7,13-18H,2-5,8-12H2,1H3,(H2,29,36)(H,32,37)/t16-/m0/s1. The quantitative estimate of drug-likeness (QED) is 0.352. The number of carbonyl (C=O) groups excluding carboxylic acids is 2. The summed E-state index contributed by atoms with van der Waals surface area (Å²) in [7, 11) is 0. The molecular formula is C27H32FN7O4. The molecule has 1 saturated heterocycles. The van der Waals surface area contributed by atoms with E-state index in [0.717, 1.165) is 57.2 Å². The Labute approximate surface area is 225 Å². The van der Waals surface area contributed by atoms with Gasteiger partial charge in [-0.1, -0.05) is 5.16 Å². The van der Waals surface area contributed by atoms with E-state index in [9.17, 15) is 14.0 Å². The van der Waals surface area contributed by atoms with E-state index in [1.165, 1.54) is 19.1 Å². The number of primary amides is 1. The lowest BCUT2D eigenvalue weighted by Crippen LogP contribution is -2.42. The molecule has 0 bridgehead atoms. The van der Waals surface area contributed by atoms with Gasteiger partial charge >= 0.3 is 0 Å². The molecule has 3 aromatic rings. The summed E-state index contributed by atoms with van der Waals surface area (Å²) in [6.45, 7) is 3.64. The molecule has 0 unspecified atom stereocenters.